The Morgan fingerprint density at radius 1 is 1.86 bits per heavy atom. The van der Waals surface area contributed by atoms with Gasteiger partial charge < -0.3 is 0 Å². The summed E-state index contributed by atoms with van der Waals surface area (Å²) in [6.45, 7) is 2.63. The summed E-state index contributed by atoms with van der Waals surface area (Å²) in [7, 11) is 0. The van der Waals surface area contributed by atoms with Gasteiger partial charge in [0.2, 0.25) is 0 Å². The minimum Gasteiger partial charge on any atom is -0.284 e. The van der Waals surface area contributed by atoms with Crippen LogP contribution in [-0.2, 0) is 0 Å². The van der Waals surface area contributed by atoms with Crippen LogP contribution in [0.15, 0.2) is 16.1 Å². The third kappa shape index (κ3) is 1.03. The standard InChI is InChI=1S/C5H6ClN/c1-4-2-5(6)3-7-4/h2H,3H2,1H3. The van der Waals surface area contributed by atoms with Gasteiger partial charge in [0.15, 0.2) is 0 Å². The van der Waals surface area contributed by atoms with Gasteiger partial charge in [-0.05, 0) is 13.0 Å². The SMILES string of the molecule is CC1=NCC(Cl)=C1. The van der Waals surface area contributed by atoms with Crippen LogP contribution >= 0.6 is 11.6 Å². The molecule has 1 rings (SSSR count). The van der Waals surface area contributed by atoms with E-state index in [1.807, 2.05) is 13.0 Å². The summed E-state index contributed by atoms with van der Waals surface area (Å²) in [5, 5.41) is 0.845. The van der Waals surface area contributed by atoms with Gasteiger partial charge in [-0.25, -0.2) is 0 Å². The Morgan fingerprint density at radius 2 is 2.57 bits per heavy atom. The number of aliphatic imine (C=N–C) groups is 1. The number of halogens is 1. The number of rotatable bonds is 0. The van der Waals surface area contributed by atoms with Crippen LogP contribution in [0.3, 0.4) is 0 Å². The van der Waals surface area contributed by atoms with Gasteiger partial charge in [-0.2, -0.15) is 0 Å². The fraction of sp³-hybridized carbons (Fsp3) is 0.400. The lowest BCUT2D eigenvalue weighted by molar-refractivity contribution is 1.26. The molecule has 7 heavy (non-hydrogen) atoms. The molecule has 0 spiro atoms. The first kappa shape index (κ1) is 4.85. The predicted molar refractivity (Wildman–Crippen MR) is 31.9 cm³/mol. The van der Waals surface area contributed by atoms with Crippen molar-refractivity contribution in [3.8, 4) is 0 Å². The van der Waals surface area contributed by atoms with Crippen molar-refractivity contribution in [3.63, 3.8) is 0 Å². The van der Waals surface area contributed by atoms with Crippen molar-refractivity contribution in [1.29, 1.82) is 0 Å². The molecule has 0 N–H and O–H groups in total. The normalized spacial score (nSPS) is 19.1. The largest absolute Gasteiger partial charge is 0.284 e. The molecule has 38 valence electrons. The first-order valence-corrected chi connectivity index (χ1v) is 2.54. The molecule has 0 unspecified atom stereocenters. The molecule has 0 aromatic rings. The molecule has 0 atom stereocenters. The van der Waals surface area contributed by atoms with Crippen molar-refractivity contribution in [2.45, 2.75) is 6.92 Å². The molecule has 2 heteroatoms. The van der Waals surface area contributed by atoms with E-state index >= 15 is 0 Å². The van der Waals surface area contributed by atoms with Crippen molar-refractivity contribution in [2.24, 2.45) is 4.99 Å². The van der Waals surface area contributed by atoms with Crippen LogP contribution in [0, 0.1) is 0 Å². The van der Waals surface area contributed by atoms with Crippen LogP contribution < -0.4 is 0 Å². The number of hydrogen-bond donors (Lipinski definition) is 0. The molecular formula is C5H6ClN. The minimum atomic E-state index is 0.688. The number of hydrogen-bond acceptors (Lipinski definition) is 1. The van der Waals surface area contributed by atoms with E-state index in [0.717, 1.165) is 10.7 Å². The second-order valence-corrected chi connectivity index (χ2v) is 2.03. The maximum absolute atomic E-state index is 5.55. The molecule has 1 heterocycles. The molecule has 0 saturated heterocycles. The van der Waals surface area contributed by atoms with E-state index in [-0.39, 0.29) is 0 Å². The summed E-state index contributed by atoms with van der Waals surface area (Å²) in [5.41, 5.74) is 1.03. The number of allylic oxidation sites excluding steroid dienone is 1. The van der Waals surface area contributed by atoms with Crippen molar-refractivity contribution in [2.75, 3.05) is 6.54 Å². The van der Waals surface area contributed by atoms with Gasteiger partial charge in [0, 0.05) is 10.7 Å². The first-order valence-electron chi connectivity index (χ1n) is 2.16. The number of nitrogens with zero attached hydrogens (tertiary/aromatic N) is 1. The molecule has 0 aromatic carbocycles. The fourth-order valence-electron chi connectivity index (χ4n) is 0.518. The van der Waals surface area contributed by atoms with E-state index in [2.05, 4.69) is 4.99 Å². The zero-order chi connectivity index (χ0) is 5.28. The molecule has 0 saturated carbocycles. The predicted octanol–water partition coefficient (Wildman–Crippen LogP) is 1.58. The monoisotopic (exact) mass is 115 g/mol. The van der Waals surface area contributed by atoms with Gasteiger partial charge in [-0.15, -0.1) is 0 Å². The van der Waals surface area contributed by atoms with E-state index in [0.29, 0.717) is 6.54 Å². The van der Waals surface area contributed by atoms with E-state index in [4.69, 9.17) is 11.6 Å². The highest BCUT2D eigenvalue weighted by molar-refractivity contribution is 6.32. The van der Waals surface area contributed by atoms with Crippen molar-refractivity contribution in [3.05, 3.63) is 11.1 Å². The summed E-state index contributed by atoms with van der Waals surface area (Å²) in [5.74, 6) is 0. The fourth-order valence-corrected chi connectivity index (χ4v) is 0.736. The zero-order valence-corrected chi connectivity index (χ0v) is 4.87. The lowest BCUT2D eigenvalue weighted by Crippen LogP contribution is -1.73. The quantitative estimate of drug-likeness (QED) is 0.455. The van der Waals surface area contributed by atoms with Crippen molar-refractivity contribution < 1.29 is 0 Å². The highest BCUT2D eigenvalue weighted by Gasteiger charge is 1.97. The maximum atomic E-state index is 5.55. The molecule has 0 amide bonds. The molecule has 1 aliphatic heterocycles. The average Bonchev–Trinajstić information content (AvgIpc) is 1.87. The van der Waals surface area contributed by atoms with Gasteiger partial charge in [-0.1, -0.05) is 11.6 Å². The van der Waals surface area contributed by atoms with Gasteiger partial charge in [-0.3, -0.25) is 4.99 Å². The van der Waals surface area contributed by atoms with Crippen LogP contribution in [-0.4, -0.2) is 12.3 Å². The average molecular weight is 116 g/mol. The summed E-state index contributed by atoms with van der Waals surface area (Å²) in [4.78, 5) is 4.01. The lowest BCUT2D eigenvalue weighted by Gasteiger charge is -1.74. The van der Waals surface area contributed by atoms with Gasteiger partial charge in [0.1, 0.15) is 0 Å². The van der Waals surface area contributed by atoms with Crippen molar-refractivity contribution in [1.82, 2.24) is 0 Å². The van der Waals surface area contributed by atoms with Crippen LogP contribution in [0.5, 0.6) is 0 Å². The summed E-state index contributed by atoms with van der Waals surface area (Å²) in [6.07, 6.45) is 1.88. The van der Waals surface area contributed by atoms with E-state index < -0.39 is 0 Å². The molecule has 1 aliphatic rings. The molecule has 0 fully saturated rings. The van der Waals surface area contributed by atoms with Gasteiger partial charge in [0.05, 0.1) is 6.54 Å². The Hall–Kier alpha value is -0.300. The molecule has 0 aromatic heterocycles. The summed E-state index contributed by atoms with van der Waals surface area (Å²) < 4.78 is 0. The van der Waals surface area contributed by atoms with Crippen LogP contribution in [0.2, 0.25) is 0 Å². The Kier molecular flexibility index (Phi) is 1.15. The molecule has 0 radical (unpaired) electrons. The smallest absolute Gasteiger partial charge is 0.0750 e. The topological polar surface area (TPSA) is 12.4 Å². The highest BCUT2D eigenvalue weighted by atomic mass is 35.5. The first-order chi connectivity index (χ1) is 3.29. The van der Waals surface area contributed by atoms with Crippen LogP contribution in [0.25, 0.3) is 0 Å². The second-order valence-electron chi connectivity index (χ2n) is 1.55. The second kappa shape index (κ2) is 1.66. The third-order valence-corrected chi connectivity index (χ3v) is 1.07. The lowest BCUT2D eigenvalue weighted by atomic mass is 10.4. The highest BCUT2D eigenvalue weighted by Crippen LogP contribution is 2.07. The van der Waals surface area contributed by atoms with Gasteiger partial charge >= 0.3 is 0 Å². The van der Waals surface area contributed by atoms with Gasteiger partial charge in [0.25, 0.3) is 0 Å². The Bertz CT molecular complexity index is 135. The Morgan fingerprint density at radius 3 is 2.71 bits per heavy atom. The van der Waals surface area contributed by atoms with Crippen LogP contribution in [0.1, 0.15) is 6.92 Å². The van der Waals surface area contributed by atoms with E-state index in [1.165, 1.54) is 0 Å². The zero-order valence-electron chi connectivity index (χ0n) is 4.11. The van der Waals surface area contributed by atoms with Crippen LogP contribution in [0.4, 0.5) is 0 Å². The summed E-state index contributed by atoms with van der Waals surface area (Å²) >= 11 is 5.55. The minimum absolute atomic E-state index is 0.688. The van der Waals surface area contributed by atoms with E-state index in [1.54, 1.807) is 0 Å². The Labute approximate surface area is 47.7 Å². The molecular weight excluding hydrogens is 110 g/mol. The Balaban J connectivity index is 2.69. The summed E-state index contributed by atoms with van der Waals surface area (Å²) in [6, 6.07) is 0. The van der Waals surface area contributed by atoms with Crippen molar-refractivity contribution >= 4 is 17.3 Å². The third-order valence-electron chi connectivity index (χ3n) is 0.845. The molecule has 1 nitrogen and oxygen atoms in total. The molecule has 0 aliphatic carbocycles. The molecule has 0 bridgehead atoms. The van der Waals surface area contributed by atoms with E-state index in [9.17, 15) is 0 Å². The maximum Gasteiger partial charge on any atom is 0.0750 e.